The number of hydrogen-bond donors (Lipinski definition) is 1. The first-order valence-electron chi connectivity index (χ1n) is 5.14. The SMILES string of the molecule is CCCCCCC1(O)CC=CC1. The maximum atomic E-state index is 9.93. The van der Waals surface area contributed by atoms with Crippen LogP contribution in [0.1, 0.15) is 51.9 Å². The van der Waals surface area contributed by atoms with Crippen LogP contribution in [0, 0.1) is 0 Å². The van der Waals surface area contributed by atoms with Crippen molar-refractivity contribution < 1.29 is 5.11 Å². The zero-order valence-corrected chi connectivity index (χ0v) is 8.05. The topological polar surface area (TPSA) is 20.2 Å². The van der Waals surface area contributed by atoms with Crippen LogP contribution in [-0.2, 0) is 0 Å². The maximum Gasteiger partial charge on any atom is 0.0716 e. The van der Waals surface area contributed by atoms with Gasteiger partial charge in [-0.15, -0.1) is 0 Å². The van der Waals surface area contributed by atoms with E-state index in [0.717, 1.165) is 19.3 Å². The summed E-state index contributed by atoms with van der Waals surface area (Å²) in [6.45, 7) is 2.21. The van der Waals surface area contributed by atoms with Gasteiger partial charge < -0.3 is 5.11 Å². The second-order valence-electron chi connectivity index (χ2n) is 3.91. The summed E-state index contributed by atoms with van der Waals surface area (Å²) in [7, 11) is 0. The summed E-state index contributed by atoms with van der Waals surface area (Å²) >= 11 is 0. The largest absolute Gasteiger partial charge is 0.389 e. The fraction of sp³-hybridized carbons (Fsp3) is 0.818. The minimum absolute atomic E-state index is 0.367. The standard InChI is InChI=1S/C11H20O/c1-2-3-4-5-8-11(12)9-6-7-10-11/h6-7,12H,2-5,8-10H2,1H3. The summed E-state index contributed by atoms with van der Waals surface area (Å²) in [6, 6.07) is 0. The molecule has 1 aliphatic rings. The van der Waals surface area contributed by atoms with Gasteiger partial charge in [-0.25, -0.2) is 0 Å². The molecule has 0 aromatic rings. The summed E-state index contributed by atoms with van der Waals surface area (Å²) < 4.78 is 0. The molecular weight excluding hydrogens is 148 g/mol. The predicted octanol–water partition coefficient (Wildman–Crippen LogP) is 3.04. The molecule has 0 radical (unpaired) electrons. The Morgan fingerprint density at radius 3 is 2.42 bits per heavy atom. The molecule has 0 heterocycles. The molecule has 0 atom stereocenters. The van der Waals surface area contributed by atoms with Crippen molar-refractivity contribution in [2.45, 2.75) is 57.5 Å². The molecule has 0 spiro atoms. The molecule has 0 saturated heterocycles. The molecule has 1 N–H and O–H groups in total. The van der Waals surface area contributed by atoms with Gasteiger partial charge in [0.2, 0.25) is 0 Å². The first kappa shape index (κ1) is 9.79. The lowest BCUT2D eigenvalue weighted by molar-refractivity contribution is 0.0421. The highest BCUT2D eigenvalue weighted by atomic mass is 16.3. The van der Waals surface area contributed by atoms with Gasteiger partial charge in [0.05, 0.1) is 5.60 Å². The first-order chi connectivity index (χ1) is 5.77. The Balaban J connectivity index is 2.06. The van der Waals surface area contributed by atoms with Crippen molar-refractivity contribution in [3.8, 4) is 0 Å². The lowest BCUT2D eigenvalue weighted by atomic mass is 9.94. The zero-order chi connectivity index (χ0) is 8.86. The molecule has 0 bridgehead atoms. The summed E-state index contributed by atoms with van der Waals surface area (Å²) in [5.41, 5.74) is -0.367. The zero-order valence-electron chi connectivity index (χ0n) is 8.05. The highest BCUT2D eigenvalue weighted by molar-refractivity contribution is 5.03. The quantitative estimate of drug-likeness (QED) is 0.494. The van der Waals surface area contributed by atoms with E-state index in [9.17, 15) is 5.11 Å². The Morgan fingerprint density at radius 1 is 1.17 bits per heavy atom. The van der Waals surface area contributed by atoms with Crippen molar-refractivity contribution in [1.29, 1.82) is 0 Å². The third kappa shape index (κ3) is 2.98. The van der Waals surface area contributed by atoms with Crippen LogP contribution in [0.5, 0.6) is 0 Å². The summed E-state index contributed by atoms with van der Waals surface area (Å²) in [5.74, 6) is 0. The molecule has 70 valence electrons. The normalized spacial score (nSPS) is 20.2. The van der Waals surface area contributed by atoms with E-state index < -0.39 is 0 Å². The van der Waals surface area contributed by atoms with E-state index in [1.807, 2.05) is 0 Å². The van der Waals surface area contributed by atoms with Gasteiger partial charge in [0.25, 0.3) is 0 Å². The summed E-state index contributed by atoms with van der Waals surface area (Å²) in [5, 5.41) is 9.93. The number of aliphatic hydroxyl groups is 1. The van der Waals surface area contributed by atoms with Crippen LogP contribution >= 0.6 is 0 Å². The minimum atomic E-state index is -0.367. The van der Waals surface area contributed by atoms with Crippen LogP contribution in [0.4, 0.5) is 0 Å². The second kappa shape index (κ2) is 4.66. The molecule has 0 saturated carbocycles. The predicted molar refractivity (Wildman–Crippen MR) is 52.1 cm³/mol. The van der Waals surface area contributed by atoms with E-state index >= 15 is 0 Å². The Bertz CT molecular complexity index is 141. The molecule has 1 nitrogen and oxygen atoms in total. The van der Waals surface area contributed by atoms with Crippen LogP contribution in [0.25, 0.3) is 0 Å². The van der Waals surface area contributed by atoms with Crippen molar-refractivity contribution in [3.63, 3.8) is 0 Å². The molecule has 0 aromatic carbocycles. The van der Waals surface area contributed by atoms with Gasteiger partial charge in [0.15, 0.2) is 0 Å². The fourth-order valence-corrected chi connectivity index (χ4v) is 1.77. The van der Waals surface area contributed by atoms with Gasteiger partial charge in [-0.2, -0.15) is 0 Å². The van der Waals surface area contributed by atoms with Gasteiger partial charge in [0, 0.05) is 0 Å². The first-order valence-corrected chi connectivity index (χ1v) is 5.14. The minimum Gasteiger partial charge on any atom is -0.389 e. The van der Waals surface area contributed by atoms with Gasteiger partial charge in [-0.05, 0) is 19.3 Å². The molecule has 0 fully saturated rings. The third-order valence-electron chi connectivity index (χ3n) is 2.66. The lowest BCUT2D eigenvalue weighted by Gasteiger charge is -2.21. The van der Waals surface area contributed by atoms with E-state index in [4.69, 9.17) is 0 Å². The molecule has 12 heavy (non-hydrogen) atoms. The van der Waals surface area contributed by atoms with Crippen molar-refractivity contribution in [2.24, 2.45) is 0 Å². The van der Waals surface area contributed by atoms with Crippen LogP contribution < -0.4 is 0 Å². The second-order valence-corrected chi connectivity index (χ2v) is 3.91. The van der Waals surface area contributed by atoms with E-state index in [1.54, 1.807) is 0 Å². The Morgan fingerprint density at radius 2 is 1.83 bits per heavy atom. The number of unbranched alkanes of at least 4 members (excludes halogenated alkanes) is 3. The molecule has 1 rings (SSSR count). The van der Waals surface area contributed by atoms with Crippen molar-refractivity contribution >= 4 is 0 Å². The average Bonchev–Trinajstić information content (AvgIpc) is 2.47. The lowest BCUT2D eigenvalue weighted by Crippen LogP contribution is -2.23. The van der Waals surface area contributed by atoms with Crippen LogP contribution in [0.3, 0.4) is 0 Å². The van der Waals surface area contributed by atoms with E-state index in [-0.39, 0.29) is 5.60 Å². The third-order valence-corrected chi connectivity index (χ3v) is 2.66. The van der Waals surface area contributed by atoms with Crippen molar-refractivity contribution in [1.82, 2.24) is 0 Å². The van der Waals surface area contributed by atoms with Crippen molar-refractivity contribution in [2.75, 3.05) is 0 Å². The van der Waals surface area contributed by atoms with E-state index in [1.165, 1.54) is 25.7 Å². The molecule has 0 unspecified atom stereocenters. The Hall–Kier alpha value is -0.300. The summed E-state index contributed by atoms with van der Waals surface area (Å²) in [6.07, 6.45) is 12.0. The Kier molecular flexibility index (Phi) is 3.80. The summed E-state index contributed by atoms with van der Waals surface area (Å²) in [4.78, 5) is 0. The molecule has 1 aliphatic carbocycles. The van der Waals surface area contributed by atoms with Gasteiger partial charge in [-0.1, -0.05) is 44.8 Å². The van der Waals surface area contributed by atoms with Crippen molar-refractivity contribution in [3.05, 3.63) is 12.2 Å². The Labute approximate surface area is 75.5 Å². The highest BCUT2D eigenvalue weighted by Crippen LogP contribution is 2.28. The fourth-order valence-electron chi connectivity index (χ4n) is 1.77. The van der Waals surface area contributed by atoms with Crippen LogP contribution in [-0.4, -0.2) is 10.7 Å². The smallest absolute Gasteiger partial charge is 0.0716 e. The molecule has 0 aliphatic heterocycles. The number of rotatable bonds is 5. The molecule has 0 aromatic heterocycles. The van der Waals surface area contributed by atoms with Crippen LogP contribution in [0.15, 0.2) is 12.2 Å². The van der Waals surface area contributed by atoms with E-state index in [0.29, 0.717) is 0 Å². The molecule has 0 amide bonds. The molecular formula is C11H20O. The van der Waals surface area contributed by atoms with Crippen LogP contribution in [0.2, 0.25) is 0 Å². The monoisotopic (exact) mass is 168 g/mol. The average molecular weight is 168 g/mol. The van der Waals surface area contributed by atoms with E-state index in [2.05, 4.69) is 19.1 Å². The van der Waals surface area contributed by atoms with Gasteiger partial charge >= 0.3 is 0 Å². The molecule has 1 heteroatoms. The number of hydrogen-bond acceptors (Lipinski definition) is 1. The maximum absolute atomic E-state index is 9.93. The van der Waals surface area contributed by atoms with Gasteiger partial charge in [0.1, 0.15) is 0 Å². The van der Waals surface area contributed by atoms with Gasteiger partial charge in [-0.3, -0.25) is 0 Å². The highest BCUT2D eigenvalue weighted by Gasteiger charge is 2.26.